The fourth-order valence-corrected chi connectivity index (χ4v) is 4.73. The van der Waals surface area contributed by atoms with Crippen molar-refractivity contribution in [2.45, 2.75) is 36.9 Å². The van der Waals surface area contributed by atoms with Crippen LogP contribution in [0.1, 0.15) is 31.0 Å². The Balaban J connectivity index is 2.08. The second-order valence-corrected chi connectivity index (χ2v) is 8.25. The molecule has 0 spiro atoms. The molecule has 7 heteroatoms. The lowest BCUT2D eigenvalue weighted by Gasteiger charge is -2.15. The third-order valence-electron chi connectivity index (χ3n) is 3.78. The van der Waals surface area contributed by atoms with E-state index in [4.69, 9.17) is 11.6 Å². The van der Waals surface area contributed by atoms with Crippen molar-refractivity contribution < 1.29 is 8.42 Å². The second kappa shape index (κ2) is 5.00. The Morgan fingerprint density at radius 3 is 3.00 bits per heavy atom. The van der Waals surface area contributed by atoms with Crippen molar-refractivity contribution in [3.63, 3.8) is 0 Å². The number of hydrogen-bond donors (Lipinski definition) is 0. The van der Waals surface area contributed by atoms with Crippen LogP contribution in [0.25, 0.3) is 11.0 Å². The minimum absolute atomic E-state index is 0.272. The molecule has 1 aliphatic rings. The van der Waals surface area contributed by atoms with Crippen LogP contribution in [-0.2, 0) is 16.4 Å². The monoisotopic (exact) mass is 313 g/mol. The van der Waals surface area contributed by atoms with Gasteiger partial charge in [0.1, 0.15) is 11.3 Å². The first-order valence-corrected chi connectivity index (χ1v) is 8.80. The molecular formula is C13H16ClN3O2S. The first-order chi connectivity index (χ1) is 9.49. The molecule has 0 N–H and O–H groups in total. The summed E-state index contributed by atoms with van der Waals surface area (Å²) in [7, 11) is -2.98. The summed E-state index contributed by atoms with van der Waals surface area (Å²) in [6.45, 7) is 2.27. The van der Waals surface area contributed by atoms with Crippen molar-refractivity contribution in [2.24, 2.45) is 0 Å². The van der Waals surface area contributed by atoms with Crippen LogP contribution < -0.4 is 0 Å². The molecule has 2 atom stereocenters. The molecule has 2 aromatic rings. The van der Waals surface area contributed by atoms with Gasteiger partial charge in [-0.1, -0.05) is 0 Å². The van der Waals surface area contributed by atoms with Crippen molar-refractivity contribution in [3.05, 3.63) is 24.3 Å². The highest BCUT2D eigenvalue weighted by atomic mass is 35.5. The Morgan fingerprint density at radius 1 is 1.55 bits per heavy atom. The van der Waals surface area contributed by atoms with Crippen LogP contribution in [0.2, 0.25) is 0 Å². The van der Waals surface area contributed by atoms with E-state index in [1.165, 1.54) is 0 Å². The molecule has 5 nitrogen and oxygen atoms in total. The number of aromatic nitrogens is 3. The molecule has 1 saturated heterocycles. The van der Waals surface area contributed by atoms with Crippen LogP contribution in [0.4, 0.5) is 0 Å². The van der Waals surface area contributed by atoms with Gasteiger partial charge in [-0.25, -0.2) is 13.4 Å². The van der Waals surface area contributed by atoms with E-state index in [0.717, 1.165) is 17.5 Å². The van der Waals surface area contributed by atoms with E-state index < -0.39 is 9.84 Å². The standard InChI is InChI=1S/C13H16ClN3O2S/c1-9(14)13-16-11-7-15-5-4-12(11)17(13)8-10-3-2-6-20(10,18)19/h4-5,7,9-10H,2-3,6,8H2,1H3. The Morgan fingerprint density at radius 2 is 2.35 bits per heavy atom. The summed E-state index contributed by atoms with van der Waals surface area (Å²) in [5.74, 6) is 0.995. The number of fused-ring (bicyclic) bond motifs is 1. The van der Waals surface area contributed by atoms with Gasteiger partial charge in [-0.2, -0.15) is 0 Å². The van der Waals surface area contributed by atoms with Gasteiger partial charge < -0.3 is 4.57 Å². The SMILES string of the molecule is CC(Cl)c1nc2cnccc2n1CC1CCCS1(=O)=O. The Bertz CT molecular complexity index is 739. The number of sulfone groups is 1. The van der Waals surface area contributed by atoms with Crippen LogP contribution in [0.3, 0.4) is 0 Å². The fourth-order valence-electron chi connectivity index (χ4n) is 2.76. The quantitative estimate of drug-likeness (QED) is 0.816. The van der Waals surface area contributed by atoms with Crippen LogP contribution in [0, 0.1) is 0 Å². The summed E-state index contributed by atoms with van der Waals surface area (Å²) < 4.78 is 26.0. The zero-order valence-electron chi connectivity index (χ0n) is 11.2. The number of halogens is 1. The highest BCUT2D eigenvalue weighted by Crippen LogP contribution is 2.28. The molecule has 0 radical (unpaired) electrons. The summed E-state index contributed by atoms with van der Waals surface area (Å²) >= 11 is 6.18. The van der Waals surface area contributed by atoms with Crippen molar-refractivity contribution in [1.29, 1.82) is 0 Å². The smallest absolute Gasteiger partial charge is 0.154 e. The van der Waals surface area contributed by atoms with E-state index in [0.29, 0.717) is 18.8 Å². The van der Waals surface area contributed by atoms with E-state index in [1.807, 2.05) is 17.6 Å². The minimum atomic E-state index is -2.98. The Kier molecular flexibility index (Phi) is 3.46. The molecule has 0 aromatic carbocycles. The topological polar surface area (TPSA) is 64.8 Å². The number of hydrogen-bond acceptors (Lipinski definition) is 4. The highest BCUT2D eigenvalue weighted by molar-refractivity contribution is 7.92. The number of alkyl halides is 1. The maximum absolute atomic E-state index is 12.0. The average Bonchev–Trinajstić information content (AvgIpc) is 2.92. The van der Waals surface area contributed by atoms with Gasteiger partial charge in [0.2, 0.25) is 0 Å². The van der Waals surface area contributed by atoms with Crippen LogP contribution >= 0.6 is 11.6 Å². The van der Waals surface area contributed by atoms with Crippen LogP contribution in [0.15, 0.2) is 18.5 Å². The molecular weight excluding hydrogens is 298 g/mol. The van der Waals surface area contributed by atoms with Gasteiger partial charge in [0.25, 0.3) is 0 Å². The maximum Gasteiger partial charge on any atom is 0.154 e. The zero-order chi connectivity index (χ0) is 14.3. The molecule has 0 aliphatic carbocycles. The number of nitrogens with zero attached hydrogens (tertiary/aromatic N) is 3. The fraction of sp³-hybridized carbons (Fsp3) is 0.538. The molecule has 108 valence electrons. The molecule has 3 rings (SSSR count). The minimum Gasteiger partial charge on any atom is -0.325 e. The van der Waals surface area contributed by atoms with E-state index in [2.05, 4.69) is 9.97 Å². The van der Waals surface area contributed by atoms with Gasteiger partial charge >= 0.3 is 0 Å². The molecule has 2 unspecified atom stereocenters. The number of pyridine rings is 1. The predicted octanol–water partition coefficient (Wildman–Crippen LogP) is 2.31. The van der Waals surface area contributed by atoms with Gasteiger partial charge in [-0.3, -0.25) is 4.98 Å². The van der Waals surface area contributed by atoms with Gasteiger partial charge in [-0.05, 0) is 25.8 Å². The molecule has 0 amide bonds. The van der Waals surface area contributed by atoms with E-state index in [-0.39, 0.29) is 16.4 Å². The normalized spacial score (nSPS) is 23.2. The molecule has 2 aromatic heterocycles. The third-order valence-corrected chi connectivity index (χ3v) is 6.24. The lowest BCUT2D eigenvalue weighted by molar-refractivity contribution is 0.562. The Hall–Kier alpha value is -1.14. The van der Waals surface area contributed by atoms with Gasteiger partial charge in [-0.15, -0.1) is 11.6 Å². The van der Waals surface area contributed by atoms with E-state index in [9.17, 15) is 8.42 Å². The molecule has 20 heavy (non-hydrogen) atoms. The summed E-state index contributed by atoms with van der Waals surface area (Å²) in [6, 6.07) is 1.85. The highest BCUT2D eigenvalue weighted by Gasteiger charge is 2.32. The van der Waals surface area contributed by atoms with Crippen molar-refractivity contribution >= 4 is 32.5 Å². The van der Waals surface area contributed by atoms with Crippen LogP contribution in [0.5, 0.6) is 0 Å². The van der Waals surface area contributed by atoms with Gasteiger partial charge in [0.05, 0.1) is 28.1 Å². The third kappa shape index (κ3) is 2.31. The van der Waals surface area contributed by atoms with E-state index >= 15 is 0 Å². The summed E-state index contributed by atoms with van der Waals surface area (Å²) in [4.78, 5) is 8.53. The first kappa shape index (κ1) is 13.8. The summed E-state index contributed by atoms with van der Waals surface area (Å²) in [5.41, 5.74) is 1.65. The Labute approximate surface area is 122 Å². The maximum atomic E-state index is 12.0. The molecule has 1 aliphatic heterocycles. The molecule has 1 fully saturated rings. The number of rotatable bonds is 3. The first-order valence-electron chi connectivity index (χ1n) is 6.65. The molecule has 0 bridgehead atoms. The van der Waals surface area contributed by atoms with Crippen molar-refractivity contribution in [1.82, 2.24) is 14.5 Å². The van der Waals surface area contributed by atoms with Gasteiger partial charge in [0.15, 0.2) is 9.84 Å². The van der Waals surface area contributed by atoms with Crippen molar-refractivity contribution in [3.8, 4) is 0 Å². The lowest BCUT2D eigenvalue weighted by Crippen LogP contribution is -2.23. The number of imidazole rings is 1. The molecule has 0 saturated carbocycles. The largest absolute Gasteiger partial charge is 0.325 e. The lowest BCUT2D eigenvalue weighted by atomic mass is 10.2. The summed E-state index contributed by atoms with van der Waals surface area (Å²) in [6.07, 6.45) is 4.82. The average molecular weight is 314 g/mol. The molecule has 3 heterocycles. The van der Waals surface area contributed by atoms with Crippen LogP contribution in [-0.4, -0.2) is 34.0 Å². The summed E-state index contributed by atoms with van der Waals surface area (Å²) in [5, 5.41) is -0.603. The zero-order valence-corrected chi connectivity index (χ0v) is 12.7. The predicted molar refractivity (Wildman–Crippen MR) is 78.6 cm³/mol. The van der Waals surface area contributed by atoms with E-state index in [1.54, 1.807) is 12.4 Å². The van der Waals surface area contributed by atoms with Gasteiger partial charge in [0, 0.05) is 12.7 Å². The van der Waals surface area contributed by atoms with Crippen molar-refractivity contribution in [2.75, 3.05) is 5.75 Å². The second-order valence-electron chi connectivity index (χ2n) is 5.19.